The second-order valence-corrected chi connectivity index (χ2v) is 17.0. The molecule has 13 rings (SSSR count). The second-order valence-electron chi connectivity index (χ2n) is 17.0. The highest BCUT2D eigenvalue weighted by atomic mass is 15.0. The number of aromatic nitrogens is 4. The molecule has 1 aliphatic rings. The van der Waals surface area contributed by atoms with Gasteiger partial charge in [-0.25, -0.2) is 9.97 Å². The summed E-state index contributed by atoms with van der Waals surface area (Å²) in [7, 11) is 0. The average molecular weight is 779 g/mol. The molecule has 61 heavy (non-hydrogen) atoms. The van der Waals surface area contributed by atoms with Gasteiger partial charge in [-0.1, -0.05) is 153 Å². The highest BCUT2D eigenvalue weighted by molar-refractivity contribution is 6.15. The third-order valence-corrected chi connectivity index (χ3v) is 13.3. The molecule has 0 bridgehead atoms. The number of nitrogens with zero attached hydrogens (tertiary/aromatic N) is 4. The van der Waals surface area contributed by atoms with E-state index in [4.69, 9.17) is 9.97 Å². The minimum absolute atomic E-state index is 0.186. The first-order valence-electron chi connectivity index (χ1n) is 21.1. The molecule has 12 aromatic rings. The van der Waals surface area contributed by atoms with Gasteiger partial charge in [0, 0.05) is 54.8 Å². The van der Waals surface area contributed by atoms with E-state index < -0.39 is 0 Å². The fourth-order valence-corrected chi connectivity index (χ4v) is 10.5. The van der Waals surface area contributed by atoms with Crippen molar-refractivity contribution in [1.29, 1.82) is 0 Å². The van der Waals surface area contributed by atoms with Crippen molar-refractivity contribution in [3.63, 3.8) is 0 Å². The van der Waals surface area contributed by atoms with E-state index in [1.807, 2.05) is 0 Å². The van der Waals surface area contributed by atoms with Gasteiger partial charge < -0.3 is 9.13 Å². The number of hydrogen-bond acceptors (Lipinski definition) is 2. The number of rotatable bonds is 4. The van der Waals surface area contributed by atoms with Gasteiger partial charge in [0.2, 0.25) is 0 Å². The molecule has 0 unspecified atom stereocenters. The van der Waals surface area contributed by atoms with Gasteiger partial charge in [0.1, 0.15) is 0 Å². The third-order valence-electron chi connectivity index (χ3n) is 13.3. The SMILES string of the molecule is CC1(C)c2ccccc2-c2cccc(-c3nc(-c4ccc(-n5c6cc(-n7c8ccccc8c8ccccc87)ccc6c6cc7ccccc7cc65)cc4)c4ccccc4n3)c21. The Bertz CT molecular complexity index is 3740. The number of fused-ring (bicyclic) bond motifs is 11. The van der Waals surface area contributed by atoms with Gasteiger partial charge in [-0.2, -0.15) is 0 Å². The van der Waals surface area contributed by atoms with Gasteiger partial charge >= 0.3 is 0 Å². The van der Waals surface area contributed by atoms with Gasteiger partial charge in [-0.3, -0.25) is 0 Å². The van der Waals surface area contributed by atoms with Crippen molar-refractivity contribution in [3.8, 4) is 45.1 Å². The van der Waals surface area contributed by atoms with E-state index in [0.29, 0.717) is 0 Å². The molecule has 1 aliphatic carbocycles. The first kappa shape index (κ1) is 34.1. The topological polar surface area (TPSA) is 35.6 Å². The first-order chi connectivity index (χ1) is 30.0. The van der Waals surface area contributed by atoms with Gasteiger partial charge in [0.15, 0.2) is 5.82 Å². The first-order valence-corrected chi connectivity index (χ1v) is 21.1. The summed E-state index contributed by atoms with van der Waals surface area (Å²) in [6.45, 7) is 4.65. The van der Waals surface area contributed by atoms with Crippen LogP contribution < -0.4 is 0 Å². The van der Waals surface area contributed by atoms with E-state index in [-0.39, 0.29) is 5.41 Å². The van der Waals surface area contributed by atoms with E-state index in [1.165, 1.54) is 71.1 Å². The maximum absolute atomic E-state index is 5.44. The lowest BCUT2D eigenvalue weighted by Crippen LogP contribution is -2.16. The monoisotopic (exact) mass is 778 g/mol. The van der Waals surface area contributed by atoms with Crippen LogP contribution in [0.4, 0.5) is 0 Å². The van der Waals surface area contributed by atoms with E-state index >= 15 is 0 Å². The standard InChI is InChI=1S/C57H38N4/c1-57(2)48-22-9-5-16-40(48)44-20-13-21-46(54(44)57)56-58-49-23-10-6-19-45(49)55(59-56)35-26-28-38(29-27-35)60-52-33-37-15-4-3-14-36(37)32-47(52)43-31-30-39(34-53(43)60)61-50-24-11-7-17-41(50)42-18-8-12-25-51(42)61/h3-34H,1-2H3. The molecule has 4 nitrogen and oxygen atoms in total. The lowest BCUT2D eigenvalue weighted by molar-refractivity contribution is 0.661. The summed E-state index contributed by atoms with van der Waals surface area (Å²) in [5.41, 5.74) is 16.0. The highest BCUT2D eigenvalue weighted by Gasteiger charge is 2.38. The molecule has 0 aliphatic heterocycles. The Morgan fingerprint density at radius 2 is 0.967 bits per heavy atom. The summed E-state index contributed by atoms with van der Waals surface area (Å²) in [5, 5.41) is 8.46. The van der Waals surface area contributed by atoms with Crippen LogP contribution >= 0.6 is 0 Å². The summed E-state index contributed by atoms with van der Waals surface area (Å²) in [6, 6.07) is 70.6. The Kier molecular flexibility index (Phi) is 7.04. The van der Waals surface area contributed by atoms with E-state index in [0.717, 1.165) is 50.4 Å². The van der Waals surface area contributed by atoms with E-state index in [2.05, 4.69) is 217 Å². The molecule has 0 amide bonds. The maximum atomic E-state index is 5.44. The van der Waals surface area contributed by atoms with Crippen molar-refractivity contribution in [2.45, 2.75) is 19.3 Å². The number of hydrogen-bond donors (Lipinski definition) is 0. The molecule has 9 aromatic carbocycles. The third kappa shape index (κ3) is 4.87. The summed E-state index contributed by atoms with van der Waals surface area (Å²) in [5.74, 6) is 0.752. The van der Waals surface area contributed by atoms with Gasteiger partial charge in [-0.15, -0.1) is 0 Å². The maximum Gasteiger partial charge on any atom is 0.160 e. The summed E-state index contributed by atoms with van der Waals surface area (Å²) in [4.78, 5) is 10.7. The van der Waals surface area contributed by atoms with Crippen molar-refractivity contribution >= 4 is 65.3 Å². The smallest absolute Gasteiger partial charge is 0.160 e. The van der Waals surface area contributed by atoms with E-state index in [9.17, 15) is 0 Å². The van der Waals surface area contributed by atoms with Crippen LogP contribution in [-0.4, -0.2) is 19.1 Å². The van der Waals surface area contributed by atoms with Gasteiger partial charge in [-0.05, 0) is 87.6 Å². The average Bonchev–Trinajstić information content (AvgIpc) is 3.90. The Labute approximate surface area is 352 Å². The highest BCUT2D eigenvalue weighted by Crippen LogP contribution is 2.52. The molecule has 0 atom stereocenters. The zero-order chi connectivity index (χ0) is 40.4. The quantitative estimate of drug-likeness (QED) is 0.178. The van der Waals surface area contributed by atoms with Crippen LogP contribution in [0.25, 0.3) is 110 Å². The van der Waals surface area contributed by atoms with E-state index in [1.54, 1.807) is 0 Å². The zero-order valence-corrected chi connectivity index (χ0v) is 33.8. The molecule has 0 N–H and O–H groups in total. The van der Waals surface area contributed by atoms with Crippen LogP contribution in [0.15, 0.2) is 194 Å². The Hall–Kier alpha value is -7.82. The summed E-state index contributed by atoms with van der Waals surface area (Å²) < 4.78 is 4.85. The molecule has 3 aromatic heterocycles. The Morgan fingerprint density at radius 3 is 1.75 bits per heavy atom. The molecule has 0 fully saturated rings. The summed E-state index contributed by atoms with van der Waals surface area (Å²) >= 11 is 0. The lowest BCUT2D eigenvalue weighted by Gasteiger charge is -2.24. The van der Waals surface area contributed by atoms with Crippen molar-refractivity contribution < 1.29 is 0 Å². The molecule has 4 heteroatoms. The second kappa shape index (κ2) is 12.6. The van der Waals surface area contributed by atoms with Crippen LogP contribution in [-0.2, 0) is 5.41 Å². The Morgan fingerprint density at radius 1 is 0.393 bits per heavy atom. The fourth-order valence-electron chi connectivity index (χ4n) is 10.5. The lowest BCUT2D eigenvalue weighted by atomic mass is 9.80. The van der Waals surface area contributed by atoms with Crippen molar-refractivity contribution in [2.24, 2.45) is 0 Å². The van der Waals surface area contributed by atoms with Crippen molar-refractivity contribution in [3.05, 3.63) is 205 Å². The molecule has 0 saturated carbocycles. The van der Waals surface area contributed by atoms with Crippen molar-refractivity contribution in [2.75, 3.05) is 0 Å². The summed E-state index contributed by atoms with van der Waals surface area (Å²) in [6.07, 6.45) is 0. The van der Waals surface area contributed by atoms with Crippen LogP contribution in [0.1, 0.15) is 25.0 Å². The minimum atomic E-state index is -0.186. The fraction of sp³-hybridized carbons (Fsp3) is 0.0526. The largest absolute Gasteiger partial charge is 0.309 e. The minimum Gasteiger partial charge on any atom is -0.309 e. The normalized spacial score (nSPS) is 13.2. The number of benzene rings is 9. The molecule has 0 saturated heterocycles. The molecule has 3 heterocycles. The van der Waals surface area contributed by atoms with Crippen LogP contribution in [0, 0.1) is 0 Å². The van der Waals surface area contributed by atoms with Crippen LogP contribution in [0.2, 0.25) is 0 Å². The van der Waals surface area contributed by atoms with Crippen molar-refractivity contribution in [1.82, 2.24) is 19.1 Å². The zero-order valence-electron chi connectivity index (χ0n) is 33.8. The molecule has 0 spiro atoms. The predicted octanol–water partition coefficient (Wildman–Crippen LogP) is 14.6. The van der Waals surface area contributed by atoms with Crippen LogP contribution in [0.5, 0.6) is 0 Å². The van der Waals surface area contributed by atoms with Gasteiger partial charge in [0.05, 0.1) is 33.3 Å². The molecule has 0 radical (unpaired) electrons. The predicted molar refractivity (Wildman–Crippen MR) is 254 cm³/mol. The molecular formula is C57H38N4. The Balaban J connectivity index is 1.00. The molecular weight excluding hydrogens is 741 g/mol. The van der Waals surface area contributed by atoms with Gasteiger partial charge in [0.25, 0.3) is 0 Å². The van der Waals surface area contributed by atoms with Crippen LogP contribution in [0.3, 0.4) is 0 Å². The molecule has 286 valence electrons. The number of para-hydroxylation sites is 3.